The highest BCUT2D eigenvalue weighted by atomic mass is 79.9. The minimum atomic E-state index is -0.569. The van der Waals surface area contributed by atoms with Crippen molar-refractivity contribution in [3.8, 4) is 0 Å². The minimum absolute atomic E-state index is 0.106. The number of halogens is 2. The van der Waals surface area contributed by atoms with Gasteiger partial charge in [-0.3, -0.25) is 4.79 Å². The number of imidazole rings is 1. The maximum atomic E-state index is 15.0. The van der Waals surface area contributed by atoms with Crippen LogP contribution in [0, 0.1) is 12.7 Å². The fourth-order valence-electron chi connectivity index (χ4n) is 2.56. The Morgan fingerprint density at radius 3 is 2.92 bits per heavy atom. The molecular weight excluding hydrogens is 389 g/mol. The summed E-state index contributed by atoms with van der Waals surface area (Å²) in [7, 11) is 0. The average molecular weight is 406 g/mol. The van der Waals surface area contributed by atoms with Crippen LogP contribution in [0.15, 0.2) is 35.1 Å². The summed E-state index contributed by atoms with van der Waals surface area (Å²) >= 11 is 3.40. The van der Waals surface area contributed by atoms with E-state index in [2.05, 4.69) is 31.2 Å². The number of H-pyrrole nitrogens is 1. The second kappa shape index (κ2) is 7.33. The van der Waals surface area contributed by atoms with Crippen LogP contribution >= 0.6 is 15.9 Å². The average Bonchev–Trinajstić information content (AvgIpc) is 3.05. The lowest BCUT2D eigenvalue weighted by atomic mass is 10.1. The van der Waals surface area contributed by atoms with Crippen molar-refractivity contribution in [1.29, 1.82) is 0 Å². The number of nitrogens with zero attached hydrogens (tertiary/aromatic N) is 1. The number of aromatic amines is 1. The zero-order chi connectivity index (χ0) is 18.0. The van der Waals surface area contributed by atoms with Crippen molar-refractivity contribution in [2.75, 3.05) is 18.5 Å². The predicted octanol–water partition coefficient (Wildman–Crippen LogP) is 4.74. The molecule has 0 spiro atoms. The molecule has 0 atom stereocenters. The molecule has 1 aromatic heterocycles. The number of hydrogen-bond donors (Lipinski definition) is 2. The maximum Gasteiger partial charge on any atom is 0.190 e. The number of fused-ring (bicyclic) bond motifs is 1. The van der Waals surface area contributed by atoms with E-state index in [1.807, 2.05) is 25.1 Å². The highest BCUT2D eigenvalue weighted by molar-refractivity contribution is 9.10. The Morgan fingerprint density at radius 2 is 2.20 bits per heavy atom. The number of aromatic nitrogens is 2. The Hall–Kier alpha value is -2.25. The molecule has 0 aliphatic heterocycles. The van der Waals surface area contributed by atoms with E-state index in [1.54, 1.807) is 13.0 Å². The fraction of sp³-hybridized carbons (Fsp3) is 0.222. The van der Waals surface area contributed by atoms with Crippen LogP contribution in [0.5, 0.6) is 0 Å². The van der Waals surface area contributed by atoms with E-state index >= 15 is 0 Å². The first-order chi connectivity index (χ1) is 12.0. The van der Waals surface area contributed by atoms with E-state index in [4.69, 9.17) is 4.74 Å². The van der Waals surface area contributed by atoms with Gasteiger partial charge in [0.25, 0.3) is 0 Å². The van der Waals surface area contributed by atoms with Gasteiger partial charge in [-0.05, 0) is 43.7 Å². The molecule has 25 heavy (non-hydrogen) atoms. The zero-order valence-corrected chi connectivity index (χ0v) is 15.4. The molecule has 0 amide bonds. The zero-order valence-electron chi connectivity index (χ0n) is 13.8. The van der Waals surface area contributed by atoms with E-state index in [9.17, 15) is 9.18 Å². The maximum absolute atomic E-state index is 15.0. The van der Waals surface area contributed by atoms with Crippen LogP contribution in [0.25, 0.3) is 11.0 Å². The van der Waals surface area contributed by atoms with Crippen molar-refractivity contribution in [3.05, 3.63) is 52.0 Å². The van der Waals surface area contributed by atoms with Crippen LogP contribution in [0.2, 0.25) is 0 Å². The van der Waals surface area contributed by atoms with Gasteiger partial charge in [0.2, 0.25) is 0 Å². The standard InChI is InChI=1S/C18H17BrFN3O2/c1-3-25-8-15(24)12-7-14-18(22-9-21-14)16(20)17(12)23-13-5-4-11(19)6-10(13)2/h4-7,9,23H,3,8H2,1-2H3,(H,21,22). The number of ether oxygens (including phenoxy) is 1. The summed E-state index contributed by atoms with van der Waals surface area (Å²) in [6, 6.07) is 7.19. The van der Waals surface area contributed by atoms with Gasteiger partial charge in [-0.2, -0.15) is 0 Å². The number of nitrogens with one attached hydrogen (secondary N) is 2. The molecule has 0 bridgehead atoms. The summed E-state index contributed by atoms with van der Waals surface area (Å²) in [5.74, 6) is -0.865. The third-order valence-corrected chi connectivity index (χ3v) is 4.33. The van der Waals surface area contributed by atoms with Crippen molar-refractivity contribution in [2.24, 2.45) is 0 Å². The van der Waals surface area contributed by atoms with Crippen molar-refractivity contribution < 1.29 is 13.9 Å². The molecule has 3 aromatic rings. The number of anilines is 2. The minimum Gasteiger partial charge on any atom is -0.374 e. The molecule has 0 radical (unpaired) electrons. The first-order valence-corrected chi connectivity index (χ1v) is 8.60. The van der Waals surface area contributed by atoms with E-state index in [0.717, 1.165) is 10.0 Å². The van der Waals surface area contributed by atoms with E-state index in [-0.39, 0.29) is 29.2 Å². The van der Waals surface area contributed by atoms with Gasteiger partial charge < -0.3 is 15.0 Å². The topological polar surface area (TPSA) is 67.0 Å². The molecule has 5 nitrogen and oxygen atoms in total. The molecule has 0 saturated carbocycles. The Bertz CT molecular complexity index is 939. The van der Waals surface area contributed by atoms with Crippen molar-refractivity contribution in [3.63, 3.8) is 0 Å². The molecule has 7 heteroatoms. The first kappa shape index (κ1) is 17.6. The molecule has 3 rings (SSSR count). The summed E-state index contributed by atoms with van der Waals surface area (Å²) in [6.45, 7) is 4.01. The first-order valence-electron chi connectivity index (χ1n) is 7.81. The van der Waals surface area contributed by atoms with Gasteiger partial charge in [-0.1, -0.05) is 15.9 Å². The third-order valence-electron chi connectivity index (χ3n) is 3.84. The highest BCUT2D eigenvalue weighted by Crippen LogP contribution is 2.32. The predicted molar refractivity (Wildman–Crippen MR) is 99.0 cm³/mol. The summed E-state index contributed by atoms with van der Waals surface area (Å²) in [5.41, 5.74) is 2.61. The van der Waals surface area contributed by atoms with Gasteiger partial charge in [0.1, 0.15) is 12.1 Å². The lowest BCUT2D eigenvalue weighted by Gasteiger charge is -2.15. The number of carbonyl (C=O) groups excluding carboxylic acids is 1. The Labute approximate surface area is 152 Å². The molecule has 0 unspecified atom stereocenters. The molecular formula is C18H17BrFN3O2. The highest BCUT2D eigenvalue weighted by Gasteiger charge is 2.21. The van der Waals surface area contributed by atoms with Crippen LogP contribution in [0.4, 0.5) is 15.8 Å². The van der Waals surface area contributed by atoms with Gasteiger partial charge in [-0.15, -0.1) is 0 Å². The number of carbonyl (C=O) groups is 1. The van der Waals surface area contributed by atoms with E-state index < -0.39 is 5.82 Å². The molecule has 130 valence electrons. The Balaban J connectivity index is 2.10. The molecule has 0 saturated heterocycles. The van der Waals surface area contributed by atoms with Crippen LogP contribution in [0.3, 0.4) is 0 Å². The Morgan fingerprint density at radius 1 is 1.40 bits per heavy atom. The molecule has 0 aliphatic carbocycles. The van der Waals surface area contributed by atoms with Gasteiger partial charge >= 0.3 is 0 Å². The van der Waals surface area contributed by atoms with Gasteiger partial charge in [-0.25, -0.2) is 9.37 Å². The number of aryl methyl sites for hydroxylation is 1. The second-order valence-electron chi connectivity index (χ2n) is 5.56. The van der Waals surface area contributed by atoms with Crippen LogP contribution < -0.4 is 5.32 Å². The molecule has 1 heterocycles. The number of rotatable bonds is 6. The monoisotopic (exact) mass is 405 g/mol. The number of benzene rings is 2. The molecule has 2 N–H and O–H groups in total. The second-order valence-corrected chi connectivity index (χ2v) is 6.47. The van der Waals surface area contributed by atoms with Gasteiger partial charge in [0, 0.05) is 22.3 Å². The Kier molecular flexibility index (Phi) is 5.15. The molecule has 2 aromatic carbocycles. The summed E-state index contributed by atoms with van der Waals surface area (Å²) in [5, 5.41) is 3.05. The van der Waals surface area contributed by atoms with Crippen molar-refractivity contribution >= 4 is 44.1 Å². The summed E-state index contributed by atoms with van der Waals surface area (Å²) < 4.78 is 21.1. The van der Waals surface area contributed by atoms with Gasteiger partial charge in [0.15, 0.2) is 11.6 Å². The SMILES string of the molecule is CCOCC(=O)c1cc2[nH]cnc2c(F)c1Nc1ccc(Br)cc1C. The van der Waals surface area contributed by atoms with Crippen LogP contribution in [-0.4, -0.2) is 29.0 Å². The smallest absolute Gasteiger partial charge is 0.190 e. The quantitative estimate of drug-likeness (QED) is 0.581. The third kappa shape index (κ3) is 3.57. The van der Waals surface area contributed by atoms with Crippen LogP contribution in [0.1, 0.15) is 22.8 Å². The summed E-state index contributed by atoms with van der Waals surface area (Å²) in [6.07, 6.45) is 1.40. The van der Waals surface area contributed by atoms with E-state index in [0.29, 0.717) is 17.8 Å². The van der Waals surface area contributed by atoms with Crippen molar-refractivity contribution in [2.45, 2.75) is 13.8 Å². The van der Waals surface area contributed by atoms with Crippen LogP contribution in [-0.2, 0) is 4.74 Å². The van der Waals surface area contributed by atoms with E-state index in [1.165, 1.54) is 6.33 Å². The number of ketones is 1. The lowest BCUT2D eigenvalue weighted by Crippen LogP contribution is -2.13. The molecule has 0 fully saturated rings. The number of Topliss-reactive ketones (excluding diaryl/α,β-unsaturated/α-hetero) is 1. The largest absolute Gasteiger partial charge is 0.374 e. The van der Waals surface area contributed by atoms with Gasteiger partial charge in [0.05, 0.1) is 17.5 Å². The normalized spacial score (nSPS) is 11.0. The van der Waals surface area contributed by atoms with Crippen molar-refractivity contribution in [1.82, 2.24) is 9.97 Å². The lowest BCUT2D eigenvalue weighted by molar-refractivity contribution is 0.0784. The molecule has 0 aliphatic rings. The fourth-order valence-corrected chi connectivity index (χ4v) is 3.03. The summed E-state index contributed by atoms with van der Waals surface area (Å²) in [4.78, 5) is 19.3. The number of hydrogen-bond acceptors (Lipinski definition) is 4.